The number of nitrogens with one attached hydrogen (secondary N) is 1. The Morgan fingerprint density at radius 1 is 1.19 bits per heavy atom. The first-order valence-corrected chi connectivity index (χ1v) is 7.39. The van der Waals surface area contributed by atoms with Crippen molar-refractivity contribution in [1.82, 2.24) is 15.0 Å². The lowest BCUT2D eigenvalue weighted by Gasteiger charge is -2.10. The van der Waals surface area contributed by atoms with E-state index >= 15 is 0 Å². The largest absolute Gasteiger partial charge is 0.416 e. The third-order valence-electron chi connectivity index (χ3n) is 3.79. The highest BCUT2D eigenvalue weighted by Gasteiger charge is 2.30. The van der Waals surface area contributed by atoms with Crippen molar-refractivity contribution in [2.75, 3.05) is 0 Å². The molecule has 0 unspecified atom stereocenters. The van der Waals surface area contributed by atoms with Gasteiger partial charge in [0.05, 0.1) is 29.3 Å². The zero-order chi connectivity index (χ0) is 18.9. The number of rotatable bonds is 3. The lowest BCUT2D eigenvalue weighted by Crippen LogP contribution is -2.23. The van der Waals surface area contributed by atoms with Crippen LogP contribution < -0.4 is 11.0 Å². The van der Waals surface area contributed by atoms with Gasteiger partial charge in [0, 0.05) is 5.56 Å². The summed E-state index contributed by atoms with van der Waals surface area (Å²) in [6.45, 7) is -0.109. The molecule has 0 spiro atoms. The van der Waals surface area contributed by atoms with E-state index in [0.717, 1.165) is 16.7 Å². The SMILES string of the molecule is O=C(NO)c1ccc2ncn(Cc3cccc(C(F)(F)F)c3)c(=O)c2c1. The Balaban J connectivity index is 2.02. The number of carbonyl (C=O) groups is 1. The van der Waals surface area contributed by atoms with Crippen LogP contribution in [0.3, 0.4) is 0 Å². The van der Waals surface area contributed by atoms with Gasteiger partial charge in [-0.15, -0.1) is 0 Å². The molecule has 0 atom stereocenters. The van der Waals surface area contributed by atoms with Crippen LogP contribution in [0.5, 0.6) is 0 Å². The van der Waals surface area contributed by atoms with Gasteiger partial charge in [0.25, 0.3) is 11.5 Å². The highest BCUT2D eigenvalue weighted by molar-refractivity contribution is 5.97. The van der Waals surface area contributed by atoms with Crippen LogP contribution in [-0.2, 0) is 12.7 Å². The Kier molecular flexibility index (Phi) is 4.47. The average molecular weight is 363 g/mol. The molecule has 134 valence electrons. The number of halogens is 3. The van der Waals surface area contributed by atoms with Crippen molar-refractivity contribution in [3.05, 3.63) is 75.8 Å². The molecule has 1 amide bonds. The maximum absolute atomic E-state index is 12.8. The molecule has 0 saturated carbocycles. The van der Waals surface area contributed by atoms with E-state index in [0.29, 0.717) is 5.52 Å². The maximum atomic E-state index is 12.8. The first-order valence-electron chi connectivity index (χ1n) is 7.39. The second-order valence-corrected chi connectivity index (χ2v) is 5.55. The van der Waals surface area contributed by atoms with Crippen LogP contribution in [0.25, 0.3) is 10.9 Å². The van der Waals surface area contributed by atoms with Gasteiger partial charge in [0.1, 0.15) is 0 Å². The molecule has 1 heterocycles. The molecule has 6 nitrogen and oxygen atoms in total. The topological polar surface area (TPSA) is 84.2 Å². The fraction of sp³-hybridized carbons (Fsp3) is 0.118. The van der Waals surface area contributed by atoms with E-state index in [2.05, 4.69) is 4.98 Å². The van der Waals surface area contributed by atoms with E-state index in [1.54, 1.807) is 0 Å². The highest BCUT2D eigenvalue weighted by atomic mass is 19.4. The van der Waals surface area contributed by atoms with Crippen molar-refractivity contribution in [3.8, 4) is 0 Å². The molecule has 26 heavy (non-hydrogen) atoms. The number of nitrogens with zero attached hydrogens (tertiary/aromatic N) is 2. The number of benzene rings is 2. The molecular weight excluding hydrogens is 351 g/mol. The number of hydroxylamine groups is 1. The number of hydrogen-bond donors (Lipinski definition) is 2. The van der Waals surface area contributed by atoms with E-state index in [4.69, 9.17) is 5.21 Å². The monoisotopic (exact) mass is 363 g/mol. The van der Waals surface area contributed by atoms with Crippen LogP contribution in [0, 0.1) is 0 Å². The summed E-state index contributed by atoms with van der Waals surface area (Å²) < 4.78 is 39.6. The summed E-state index contributed by atoms with van der Waals surface area (Å²) in [5, 5.41) is 8.79. The van der Waals surface area contributed by atoms with E-state index in [1.807, 2.05) is 0 Å². The van der Waals surface area contributed by atoms with Crippen LogP contribution in [0.4, 0.5) is 13.2 Å². The molecule has 2 aromatic carbocycles. The summed E-state index contributed by atoms with van der Waals surface area (Å²) in [6, 6.07) is 8.74. The van der Waals surface area contributed by atoms with Gasteiger partial charge in [0.2, 0.25) is 0 Å². The lowest BCUT2D eigenvalue weighted by molar-refractivity contribution is -0.137. The summed E-state index contributed by atoms with van der Waals surface area (Å²) >= 11 is 0. The molecule has 0 fully saturated rings. The number of carbonyl (C=O) groups excluding carboxylic acids is 1. The molecule has 3 rings (SSSR count). The summed E-state index contributed by atoms with van der Waals surface area (Å²) in [5.74, 6) is -0.792. The molecule has 0 radical (unpaired) electrons. The fourth-order valence-corrected chi connectivity index (χ4v) is 2.52. The first kappa shape index (κ1) is 17.6. The predicted octanol–water partition coefficient (Wildman–Crippen LogP) is 2.58. The number of aromatic nitrogens is 2. The van der Waals surface area contributed by atoms with Gasteiger partial charge >= 0.3 is 6.18 Å². The molecule has 3 aromatic rings. The third kappa shape index (κ3) is 3.42. The van der Waals surface area contributed by atoms with Gasteiger partial charge < -0.3 is 0 Å². The zero-order valence-electron chi connectivity index (χ0n) is 13.1. The molecule has 0 aliphatic carbocycles. The van der Waals surface area contributed by atoms with Gasteiger partial charge in [-0.1, -0.05) is 12.1 Å². The quantitative estimate of drug-likeness (QED) is 0.553. The van der Waals surface area contributed by atoms with E-state index in [9.17, 15) is 22.8 Å². The van der Waals surface area contributed by atoms with Crippen molar-refractivity contribution in [1.29, 1.82) is 0 Å². The second-order valence-electron chi connectivity index (χ2n) is 5.55. The number of alkyl halides is 3. The van der Waals surface area contributed by atoms with Crippen LogP contribution in [0.15, 0.2) is 53.6 Å². The van der Waals surface area contributed by atoms with Gasteiger partial charge in [-0.05, 0) is 35.9 Å². The first-order chi connectivity index (χ1) is 12.3. The van der Waals surface area contributed by atoms with Crippen LogP contribution in [-0.4, -0.2) is 20.7 Å². The molecule has 9 heteroatoms. The fourth-order valence-electron chi connectivity index (χ4n) is 2.52. The van der Waals surface area contributed by atoms with Gasteiger partial charge in [-0.25, -0.2) is 10.5 Å². The van der Waals surface area contributed by atoms with Gasteiger partial charge in [0.15, 0.2) is 0 Å². The molecule has 0 aliphatic rings. The molecule has 2 N–H and O–H groups in total. The molecule has 0 saturated heterocycles. The molecule has 0 aliphatic heterocycles. The summed E-state index contributed by atoms with van der Waals surface area (Å²) in [4.78, 5) is 28.1. The molecule has 1 aromatic heterocycles. The molecular formula is C17H12F3N3O3. The van der Waals surface area contributed by atoms with Crippen molar-refractivity contribution in [3.63, 3.8) is 0 Å². The molecule has 0 bridgehead atoms. The van der Waals surface area contributed by atoms with Crippen molar-refractivity contribution in [2.24, 2.45) is 0 Å². The summed E-state index contributed by atoms with van der Waals surface area (Å²) in [6.07, 6.45) is -3.24. The lowest BCUT2D eigenvalue weighted by atomic mass is 10.1. The zero-order valence-corrected chi connectivity index (χ0v) is 13.1. The Hall–Kier alpha value is -3.20. The predicted molar refractivity (Wildman–Crippen MR) is 85.8 cm³/mol. The van der Waals surface area contributed by atoms with E-state index in [-0.39, 0.29) is 23.1 Å². The Morgan fingerprint density at radius 2 is 1.96 bits per heavy atom. The van der Waals surface area contributed by atoms with Crippen molar-refractivity contribution < 1.29 is 23.2 Å². The van der Waals surface area contributed by atoms with Crippen LogP contribution in [0.2, 0.25) is 0 Å². The second kappa shape index (κ2) is 6.60. The minimum Gasteiger partial charge on any atom is -0.294 e. The van der Waals surface area contributed by atoms with E-state index < -0.39 is 23.2 Å². The average Bonchev–Trinajstić information content (AvgIpc) is 2.63. The maximum Gasteiger partial charge on any atom is 0.416 e. The van der Waals surface area contributed by atoms with Crippen LogP contribution >= 0.6 is 0 Å². The van der Waals surface area contributed by atoms with Gasteiger partial charge in [-0.2, -0.15) is 13.2 Å². The number of hydrogen-bond acceptors (Lipinski definition) is 4. The van der Waals surface area contributed by atoms with E-state index in [1.165, 1.54) is 42.1 Å². The number of amides is 1. The van der Waals surface area contributed by atoms with Crippen molar-refractivity contribution >= 4 is 16.8 Å². The van der Waals surface area contributed by atoms with Crippen LogP contribution in [0.1, 0.15) is 21.5 Å². The smallest absolute Gasteiger partial charge is 0.294 e. The minimum absolute atomic E-state index is 0.0516. The Morgan fingerprint density at radius 3 is 2.65 bits per heavy atom. The summed E-state index contributed by atoms with van der Waals surface area (Å²) in [5.41, 5.74) is 0.805. The third-order valence-corrected chi connectivity index (χ3v) is 3.79. The Labute approximate surface area is 144 Å². The standard InChI is InChI=1S/C17H12F3N3O3/c18-17(19,20)12-3-1-2-10(6-12)8-23-9-21-14-5-4-11(15(24)22-26)7-13(14)16(23)25/h1-7,9,26H,8H2,(H,22,24). The highest BCUT2D eigenvalue weighted by Crippen LogP contribution is 2.29. The minimum atomic E-state index is -4.48. The number of fused-ring (bicyclic) bond motifs is 1. The Bertz CT molecular complexity index is 1040. The van der Waals surface area contributed by atoms with Gasteiger partial charge in [-0.3, -0.25) is 19.4 Å². The normalized spacial score (nSPS) is 11.5. The summed E-state index contributed by atoms with van der Waals surface area (Å²) in [7, 11) is 0. The van der Waals surface area contributed by atoms with Crippen molar-refractivity contribution in [2.45, 2.75) is 12.7 Å².